The lowest BCUT2D eigenvalue weighted by molar-refractivity contribution is -0.129. The quantitative estimate of drug-likeness (QED) is 0.353. The van der Waals surface area contributed by atoms with Gasteiger partial charge in [0, 0.05) is 0 Å². The molecule has 4 N–H and O–H groups in total. The third-order valence-electron chi connectivity index (χ3n) is 2.08. The molecule has 5 nitrogen and oxygen atoms in total. The van der Waals surface area contributed by atoms with Crippen LogP contribution in [0.2, 0.25) is 0 Å². The molecule has 1 saturated heterocycles. The largest absolute Gasteiger partial charge is 0.393 e. The topological polar surface area (TPSA) is 90.2 Å². The lowest BCUT2D eigenvalue weighted by Gasteiger charge is -2.25. The van der Waals surface area contributed by atoms with Crippen LogP contribution in [0.25, 0.3) is 0 Å². The molecule has 0 bridgehead atoms. The van der Waals surface area contributed by atoms with E-state index in [1.54, 1.807) is 0 Å². The van der Waals surface area contributed by atoms with E-state index in [0.717, 1.165) is 0 Å². The van der Waals surface area contributed by atoms with Gasteiger partial charge in [-0.2, -0.15) is 0 Å². The van der Waals surface area contributed by atoms with E-state index in [-0.39, 0.29) is 0 Å². The van der Waals surface area contributed by atoms with Gasteiger partial charge in [0.05, 0.1) is 12.7 Å². The van der Waals surface area contributed by atoms with E-state index in [4.69, 9.17) is 15.3 Å². The Morgan fingerprint density at radius 1 is 1.45 bits per heavy atom. The Kier molecular flexibility index (Phi) is 2.17. The average Bonchev–Trinajstić information content (AvgIpc) is 2.16. The second-order valence-electron chi connectivity index (χ2n) is 2.76. The molecule has 0 aliphatic carbocycles. The van der Waals surface area contributed by atoms with Crippen LogP contribution < -0.4 is 0 Å². The van der Waals surface area contributed by atoms with Crippen LogP contribution in [0.5, 0.6) is 0 Å². The summed E-state index contributed by atoms with van der Waals surface area (Å²) in [5, 5.41) is 36.1. The van der Waals surface area contributed by atoms with Crippen molar-refractivity contribution in [2.75, 3.05) is 6.61 Å². The highest BCUT2D eigenvalue weighted by Crippen LogP contribution is 2.29. The summed E-state index contributed by atoms with van der Waals surface area (Å²) in [6.07, 6.45) is -3.62. The van der Waals surface area contributed by atoms with E-state index in [1.165, 1.54) is 6.92 Å². The second-order valence-corrected chi connectivity index (χ2v) is 2.76. The van der Waals surface area contributed by atoms with Crippen molar-refractivity contribution in [1.82, 2.24) is 0 Å². The standard InChI is InChI=1S/C6H12O5/c1-3-6(10,2-7)4(8)5(9)11-3/h3-5,7-10H,2H2,1H3. The van der Waals surface area contributed by atoms with Crippen LogP contribution in [-0.2, 0) is 4.74 Å². The predicted octanol–water partition coefficient (Wildman–Crippen LogP) is -2.19. The summed E-state index contributed by atoms with van der Waals surface area (Å²) in [6.45, 7) is 0.835. The summed E-state index contributed by atoms with van der Waals surface area (Å²) in [5.74, 6) is 0. The maximum atomic E-state index is 9.42. The number of ether oxygens (including phenoxy) is 1. The van der Waals surface area contributed by atoms with Crippen LogP contribution in [0.15, 0.2) is 0 Å². The fraction of sp³-hybridized carbons (Fsp3) is 1.00. The van der Waals surface area contributed by atoms with Gasteiger partial charge in [-0.3, -0.25) is 0 Å². The molecule has 0 aromatic carbocycles. The van der Waals surface area contributed by atoms with E-state index < -0.39 is 30.7 Å². The Labute approximate surface area is 63.8 Å². The smallest absolute Gasteiger partial charge is 0.184 e. The molecule has 0 aromatic heterocycles. The molecule has 0 aromatic rings. The highest BCUT2D eigenvalue weighted by molar-refractivity contribution is 4.98. The maximum absolute atomic E-state index is 9.42. The Morgan fingerprint density at radius 3 is 2.18 bits per heavy atom. The molecule has 0 radical (unpaired) electrons. The van der Waals surface area contributed by atoms with Crippen LogP contribution in [0.3, 0.4) is 0 Å². The Balaban J connectivity index is 2.78. The van der Waals surface area contributed by atoms with Gasteiger partial charge in [0.2, 0.25) is 0 Å². The number of hydrogen-bond acceptors (Lipinski definition) is 5. The first-order valence-electron chi connectivity index (χ1n) is 3.37. The fourth-order valence-electron chi connectivity index (χ4n) is 1.11. The molecule has 0 saturated carbocycles. The zero-order chi connectivity index (χ0) is 8.65. The minimum atomic E-state index is -1.74. The van der Waals surface area contributed by atoms with Crippen LogP contribution in [0.4, 0.5) is 0 Å². The number of hydrogen-bond donors (Lipinski definition) is 4. The molecule has 5 heteroatoms. The zero-order valence-corrected chi connectivity index (χ0v) is 6.14. The highest BCUT2D eigenvalue weighted by atomic mass is 16.6. The first kappa shape index (κ1) is 8.89. The molecule has 1 fully saturated rings. The maximum Gasteiger partial charge on any atom is 0.184 e. The monoisotopic (exact) mass is 164 g/mol. The van der Waals surface area contributed by atoms with Gasteiger partial charge in [-0.15, -0.1) is 0 Å². The van der Waals surface area contributed by atoms with Crippen LogP contribution >= 0.6 is 0 Å². The Hall–Kier alpha value is -0.200. The van der Waals surface area contributed by atoms with Crippen molar-refractivity contribution >= 4 is 0 Å². The number of rotatable bonds is 1. The third kappa shape index (κ3) is 1.15. The van der Waals surface area contributed by atoms with E-state index >= 15 is 0 Å². The summed E-state index contributed by atoms with van der Waals surface area (Å²) >= 11 is 0. The van der Waals surface area contributed by atoms with Crippen LogP contribution in [0, 0.1) is 0 Å². The predicted molar refractivity (Wildman–Crippen MR) is 34.6 cm³/mol. The fourth-order valence-corrected chi connectivity index (χ4v) is 1.11. The second kappa shape index (κ2) is 2.69. The molecule has 4 unspecified atom stereocenters. The minimum Gasteiger partial charge on any atom is -0.393 e. The van der Waals surface area contributed by atoms with Gasteiger partial charge in [-0.05, 0) is 6.92 Å². The molecule has 1 aliphatic heterocycles. The molecule has 66 valence electrons. The zero-order valence-electron chi connectivity index (χ0n) is 6.14. The average molecular weight is 164 g/mol. The van der Waals surface area contributed by atoms with Gasteiger partial charge < -0.3 is 25.2 Å². The van der Waals surface area contributed by atoms with Crippen molar-refractivity contribution in [3.63, 3.8) is 0 Å². The summed E-state index contributed by atoms with van der Waals surface area (Å²) in [4.78, 5) is 0. The van der Waals surface area contributed by atoms with Gasteiger partial charge in [-0.1, -0.05) is 0 Å². The van der Waals surface area contributed by atoms with Gasteiger partial charge in [-0.25, -0.2) is 0 Å². The highest BCUT2D eigenvalue weighted by Gasteiger charge is 2.52. The van der Waals surface area contributed by atoms with Crippen molar-refractivity contribution in [1.29, 1.82) is 0 Å². The molecule has 4 atom stereocenters. The molecule has 1 aliphatic rings. The normalized spacial score (nSPS) is 51.5. The number of aliphatic hydroxyl groups is 4. The summed E-state index contributed by atoms with van der Waals surface area (Å²) in [7, 11) is 0. The lowest BCUT2D eigenvalue weighted by atomic mass is 9.95. The van der Waals surface area contributed by atoms with Gasteiger partial charge >= 0.3 is 0 Å². The minimum absolute atomic E-state index is 0.633. The van der Waals surface area contributed by atoms with Crippen molar-refractivity contribution in [2.45, 2.75) is 31.0 Å². The molecule has 1 heterocycles. The van der Waals surface area contributed by atoms with Crippen LogP contribution in [-0.4, -0.2) is 51.1 Å². The molecule has 1 rings (SSSR count). The van der Waals surface area contributed by atoms with Gasteiger partial charge in [0.15, 0.2) is 6.29 Å². The van der Waals surface area contributed by atoms with Gasteiger partial charge in [0.25, 0.3) is 0 Å². The van der Waals surface area contributed by atoms with E-state index in [9.17, 15) is 5.11 Å². The molecular formula is C6H12O5. The van der Waals surface area contributed by atoms with E-state index in [2.05, 4.69) is 4.74 Å². The molecule has 0 amide bonds. The summed E-state index contributed by atoms with van der Waals surface area (Å²) in [5.41, 5.74) is -1.74. The molecular weight excluding hydrogens is 152 g/mol. The third-order valence-corrected chi connectivity index (χ3v) is 2.08. The molecule has 11 heavy (non-hydrogen) atoms. The molecule has 0 spiro atoms. The van der Waals surface area contributed by atoms with Crippen molar-refractivity contribution in [3.05, 3.63) is 0 Å². The van der Waals surface area contributed by atoms with Crippen molar-refractivity contribution in [3.8, 4) is 0 Å². The first-order valence-corrected chi connectivity index (χ1v) is 3.37. The van der Waals surface area contributed by atoms with Gasteiger partial charge in [0.1, 0.15) is 11.7 Å². The Morgan fingerprint density at radius 2 is 2.00 bits per heavy atom. The van der Waals surface area contributed by atoms with E-state index in [0.29, 0.717) is 0 Å². The summed E-state index contributed by atoms with van der Waals surface area (Å²) in [6, 6.07) is 0. The summed E-state index contributed by atoms with van der Waals surface area (Å²) < 4.78 is 4.68. The van der Waals surface area contributed by atoms with Crippen LogP contribution in [0.1, 0.15) is 6.92 Å². The van der Waals surface area contributed by atoms with Crippen molar-refractivity contribution < 1.29 is 25.2 Å². The Bertz CT molecular complexity index is 150. The SMILES string of the molecule is CC1OC(O)C(O)C1(O)CO. The lowest BCUT2D eigenvalue weighted by Crippen LogP contribution is -2.50. The number of aliphatic hydroxyl groups excluding tert-OH is 3. The first-order chi connectivity index (χ1) is 5.02. The van der Waals surface area contributed by atoms with E-state index in [1.807, 2.05) is 0 Å². The van der Waals surface area contributed by atoms with Crippen molar-refractivity contribution in [2.24, 2.45) is 0 Å².